The van der Waals surface area contributed by atoms with Crippen molar-refractivity contribution in [3.63, 3.8) is 0 Å². The highest BCUT2D eigenvalue weighted by Crippen LogP contribution is 2.14. The molecule has 1 heterocycles. The van der Waals surface area contributed by atoms with E-state index in [1.54, 1.807) is 6.07 Å². The lowest BCUT2D eigenvalue weighted by atomic mass is 10.1. The summed E-state index contributed by atoms with van der Waals surface area (Å²) in [6, 6.07) is 6.79. The fourth-order valence-corrected chi connectivity index (χ4v) is 1.99. The fraction of sp³-hybridized carbons (Fsp3) is 0.333. The number of aromatic nitrogens is 2. The van der Waals surface area contributed by atoms with E-state index in [1.807, 2.05) is 19.9 Å². The van der Waals surface area contributed by atoms with Crippen LogP contribution in [0.4, 0.5) is 10.2 Å². The zero-order valence-corrected chi connectivity index (χ0v) is 11.5. The fourth-order valence-electron chi connectivity index (χ4n) is 1.99. The number of hydrogen-bond acceptors (Lipinski definition) is 3. The Bertz CT molecular complexity index is 582. The lowest BCUT2D eigenvalue weighted by molar-refractivity contribution is 0.625. The number of rotatable bonds is 4. The van der Waals surface area contributed by atoms with E-state index in [-0.39, 0.29) is 5.82 Å². The number of anilines is 1. The molecule has 100 valence electrons. The molecule has 1 aromatic carbocycles. The van der Waals surface area contributed by atoms with E-state index in [1.165, 1.54) is 12.1 Å². The Morgan fingerprint density at radius 2 is 1.89 bits per heavy atom. The van der Waals surface area contributed by atoms with Crippen molar-refractivity contribution in [1.82, 2.24) is 10.2 Å². The molecular weight excluding hydrogens is 241 g/mol. The second kappa shape index (κ2) is 5.78. The van der Waals surface area contributed by atoms with Crippen LogP contribution in [0.1, 0.15) is 29.3 Å². The van der Waals surface area contributed by atoms with Crippen molar-refractivity contribution >= 4 is 5.82 Å². The number of halogens is 1. The minimum atomic E-state index is -0.204. The van der Waals surface area contributed by atoms with Crippen LogP contribution in [0.3, 0.4) is 0 Å². The maximum atomic E-state index is 13.0. The van der Waals surface area contributed by atoms with Crippen molar-refractivity contribution in [3.05, 3.63) is 52.5 Å². The standard InChI is InChI=1S/C15H18FN3/c1-4-14-11(3)8-15(19-18-14)17-9-12-5-6-13(16)7-10(12)2/h5-8H,4,9H2,1-3H3,(H,17,19). The van der Waals surface area contributed by atoms with Crippen LogP contribution in [0.25, 0.3) is 0 Å². The number of nitrogens with zero attached hydrogens (tertiary/aromatic N) is 2. The Kier molecular flexibility index (Phi) is 4.10. The Labute approximate surface area is 112 Å². The van der Waals surface area contributed by atoms with Crippen LogP contribution in [0.5, 0.6) is 0 Å². The molecule has 1 N–H and O–H groups in total. The van der Waals surface area contributed by atoms with Gasteiger partial charge >= 0.3 is 0 Å². The molecule has 0 saturated heterocycles. The minimum Gasteiger partial charge on any atom is -0.364 e. The predicted octanol–water partition coefficient (Wildman–Crippen LogP) is 3.41. The summed E-state index contributed by atoms with van der Waals surface area (Å²) in [5, 5.41) is 11.5. The van der Waals surface area contributed by atoms with Gasteiger partial charge in [-0.1, -0.05) is 13.0 Å². The van der Waals surface area contributed by atoms with Crippen LogP contribution in [-0.4, -0.2) is 10.2 Å². The highest BCUT2D eigenvalue weighted by molar-refractivity contribution is 5.39. The number of nitrogens with one attached hydrogen (secondary N) is 1. The van der Waals surface area contributed by atoms with Gasteiger partial charge in [-0.25, -0.2) is 4.39 Å². The van der Waals surface area contributed by atoms with E-state index in [9.17, 15) is 4.39 Å². The summed E-state index contributed by atoms with van der Waals surface area (Å²) in [7, 11) is 0. The van der Waals surface area contributed by atoms with E-state index in [4.69, 9.17) is 0 Å². The topological polar surface area (TPSA) is 37.8 Å². The quantitative estimate of drug-likeness (QED) is 0.914. The first-order chi connectivity index (χ1) is 9.10. The van der Waals surface area contributed by atoms with E-state index in [0.717, 1.165) is 34.6 Å². The first-order valence-electron chi connectivity index (χ1n) is 6.42. The molecule has 19 heavy (non-hydrogen) atoms. The highest BCUT2D eigenvalue weighted by Gasteiger charge is 2.03. The lowest BCUT2D eigenvalue weighted by Gasteiger charge is -2.09. The van der Waals surface area contributed by atoms with Crippen molar-refractivity contribution in [2.75, 3.05) is 5.32 Å². The summed E-state index contributed by atoms with van der Waals surface area (Å²) in [6.07, 6.45) is 0.885. The van der Waals surface area contributed by atoms with Crippen molar-refractivity contribution < 1.29 is 4.39 Å². The van der Waals surface area contributed by atoms with Crippen molar-refractivity contribution in [2.24, 2.45) is 0 Å². The van der Waals surface area contributed by atoms with Crippen LogP contribution in [-0.2, 0) is 13.0 Å². The molecule has 1 aromatic heterocycles. The summed E-state index contributed by atoms with van der Waals surface area (Å²) in [6.45, 7) is 6.61. The van der Waals surface area contributed by atoms with E-state index in [0.29, 0.717) is 6.54 Å². The van der Waals surface area contributed by atoms with E-state index in [2.05, 4.69) is 22.4 Å². The van der Waals surface area contributed by atoms with Crippen LogP contribution >= 0.6 is 0 Å². The Balaban J connectivity index is 2.08. The van der Waals surface area contributed by atoms with Crippen LogP contribution in [0.15, 0.2) is 24.3 Å². The molecule has 0 amide bonds. The summed E-state index contributed by atoms with van der Waals surface area (Å²) in [5.74, 6) is 0.544. The van der Waals surface area contributed by atoms with Gasteiger partial charge in [0.15, 0.2) is 0 Å². The molecule has 0 fully saturated rings. The molecule has 0 aliphatic rings. The summed E-state index contributed by atoms with van der Waals surface area (Å²) in [4.78, 5) is 0. The molecule has 3 nitrogen and oxygen atoms in total. The highest BCUT2D eigenvalue weighted by atomic mass is 19.1. The average Bonchev–Trinajstić information content (AvgIpc) is 2.38. The van der Waals surface area contributed by atoms with Crippen LogP contribution in [0, 0.1) is 19.7 Å². The lowest BCUT2D eigenvalue weighted by Crippen LogP contribution is -2.06. The normalized spacial score (nSPS) is 10.5. The molecule has 0 radical (unpaired) electrons. The van der Waals surface area contributed by atoms with Gasteiger partial charge in [-0.3, -0.25) is 0 Å². The van der Waals surface area contributed by atoms with Gasteiger partial charge < -0.3 is 5.32 Å². The van der Waals surface area contributed by atoms with Gasteiger partial charge in [-0.05, 0) is 55.2 Å². The van der Waals surface area contributed by atoms with Gasteiger partial charge in [0.25, 0.3) is 0 Å². The molecular formula is C15H18FN3. The number of benzene rings is 1. The van der Waals surface area contributed by atoms with Crippen LogP contribution in [0.2, 0.25) is 0 Å². The Morgan fingerprint density at radius 1 is 1.11 bits per heavy atom. The minimum absolute atomic E-state index is 0.204. The van der Waals surface area contributed by atoms with Gasteiger partial charge in [-0.2, -0.15) is 5.10 Å². The maximum Gasteiger partial charge on any atom is 0.149 e. The molecule has 0 spiro atoms. The Morgan fingerprint density at radius 3 is 2.53 bits per heavy atom. The van der Waals surface area contributed by atoms with E-state index < -0.39 is 0 Å². The molecule has 0 saturated carbocycles. The molecule has 4 heteroatoms. The number of hydrogen-bond donors (Lipinski definition) is 1. The van der Waals surface area contributed by atoms with Crippen LogP contribution < -0.4 is 5.32 Å². The third kappa shape index (κ3) is 3.28. The average molecular weight is 259 g/mol. The molecule has 0 aliphatic heterocycles. The van der Waals surface area contributed by atoms with Gasteiger partial charge in [0.1, 0.15) is 11.6 Å². The first-order valence-corrected chi connectivity index (χ1v) is 6.42. The Hall–Kier alpha value is -1.97. The van der Waals surface area contributed by atoms with Gasteiger partial charge in [0.2, 0.25) is 0 Å². The largest absolute Gasteiger partial charge is 0.364 e. The SMILES string of the molecule is CCc1nnc(NCc2ccc(F)cc2C)cc1C. The van der Waals surface area contributed by atoms with Gasteiger partial charge in [0, 0.05) is 6.54 Å². The molecule has 0 unspecified atom stereocenters. The first kappa shape index (κ1) is 13.5. The summed E-state index contributed by atoms with van der Waals surface area (Å²) >= 11 is 0. The molecule has 0 bridgehead atoms. The number of aryl methyl sites for hydroxylation is 3. The van der Waals surface area contributed by atoms with E-state index >= 15 is 0 Å². The third-order valence-electron chi connectivity index (χ3n) is 3.19. The molecule has 0 atom stereocenters. The molecule has 0 aliphatic carbocycles. The summed E-state index contributed by atoms with van der Waals surface area (Å²) < 4.78 is 13.0. The predicted molar refractivity (Wildman–Crippen MR) is 74.6 cm³/mol. The second-order valence-corrected chi connectivity index (χ2v) is 4.64. The van der Waals surface area contributed by atoms with Crippen molar-refractivity contribution in [3.8, 4) is 0 Å². The zero-order valence-electron chi connectivity index (χ0n) is 11.5. The second-order valence-electron chi connectivity index (χ2n) is 4.64. The smallest absolute Gasteiger partial charge is 0.149 e. The van der Waals surface area contributed by atoms with Gasteiger partial charge in [0.05, 0.1) is 5.69 Å². The van der Waals surface area contributed by atoms with Crippen molar-refractivity contribution in [2.45, 2.75) is 33.7 Å². The molecule has 2 rings (SSSR count). The third-order valence-corrected chi connectivity index (χ3v) is 3.19. The molecule has 2 aromatic rings. The van der Waals surface area contributed by atoms with Crippen molar-refractivity contribution in [1.29, 1.82) is 0 Å². The van der Waals surface area contributed by atoms with Gasteiger partial charge in [-0.15, -0.1) is 5.10 Å². The summed E-state index contributed by atoms with van der Waals surface area (Å²) in [5.41, 5.74) is 4.14. The zero-order chi connectivity index (χ0) is 13.8. The monoisotopic (exact) mass is 259 g/mol. The maximum absolute atomic E-state index is 13.0.